The van der Waals surface area contributed by atoms with E-state index < -0.39 is 0 Å². The quantitative estimate of drug-likeness (QED) is 0.693. The van der Waals surface area contributed by atoms with Gasteiger partial charge < -0.3 is 4.57 Å². The maximum atomic E-state index is 5.89. The first-order valence-corrected chi connectivity index (χ1v) is 7.07. The maximum absolute atomic E-state index is 5.89. The summed E-state index contributed by atoms with van der Waals surface area (Å²) in [4.78, 5) is 8.98. The van der Waals surface area contributed by atoms with Crippen molar-refractivity contribution >= 4 is 22.6 Å². The summed E-state index contributed by atoms with van der Waals surface area (Å²) in [6.45, 7) is 2.71. The van der Waals surface area contributed by atoms with Gasteiger partial charge in [-0.05, 0) is 18.6 Å². The Labute approximate surface area is 122 Å². The third kappa shape index (κ3) is 2.29. The molecule has 0 unspecified atom stereocenters. The number of para-hydroxylation sites is 1. The van der Waals surface area contributed by atoms with Crippen LogP contribution in [-0.2, 0) is 20.0 Å². The Morgan fingerprint density at radius 2 is 2.15 bits per heavy atom. The molecule has 0 aliphatic rings. The summed E-state index contributed by atoms with van der Waals surface area (Å²) in [6, 6.07) is 6.15. The smallest absolute Gasteiger partial charge is 0.170 e. The molecule has 2 heterocycles. The Kier molecular flexibility index (Phi) is 3.44. The first-order valence-electron chi connectivity index (χ1n) is 6.54. The molecule has 0 N–H and O–H groups in total. The van der Waals surface area contributed by atoms with Gasteiger partial charge in [0.05, 0.1) is 17.6 Å². The molecule has 0 radical (unpaired) electrons. The zero-order chi connectivity index (χ0) is 14.1. The zero-order valence-electron chi connectivity index (χ0n) is 11.5. The highest BCUT2D eigenvalue weighted by atomic mass is 35.5. The van der Waals surface area contributed by atoms with E-state index in [9.17, 15) is 0 Å². The molecular weight excluding hydrogens is 274 g/mol. The van der Waals surface area contributed by atoms with Crippen LogP contribution in [0, 0.1) is 6.92 Å². The number of alkyl halides is 1. The molecule has 0 saturated heterocycles. The van der Waals surface area contributed by atoms with Crippen molar-refractivity contribution in [1.29, 1.82) is 0 Å². The fraction of sp³-hybridized carbons (Fsp3) is 0.357. The molecule has 0 aliphatic heterocycles. The highest BCUT2D eigenvalue weighted by Crippen LogP contribution is 2.21. The van der Waals surface area contributed by atoms with Crippen LogP contribution in [0.3, 0.4) is 0 Å². The van der Waals surface area contributed by atoms with Crippen LogP contribution in [0.4, 0.5) is 0 Å². The van der Waals surface area contributed by atoms with Crippen molar-refractivity contribution in [2.24, 2.45) is 7.05 Å². The van der Waals surface area contributed by atoms with Gasteiger partial charge in [0, 0.05) is 19.3 Å². The van der Waals surface area contributed by atoms with Crippen LogP contribution < -0.4 is 0 Å². The van der Waals surface area contributed by atoms with Crippen molar-refractivity contribution in [2.45, 2.75) is 19.9 Å². The van der Waals surface area contributed by atoms with E-state index in [2.05, 4.69) is 32.6 Å². The number of nitrogens with zero attached hydrogens (tertiary/aromatic N) is 5. The van der Waals surface area contributed by atoms with Crippen LogP contribution in [0.25, 0.3) is 11.0 Å². The highest BCUT2D eigenvalue weighted by Gasteiger charge is 2.13. The van der Waals surface area contributed by atoms with Gasteiger partial charge in [0.2, 0.25) is 0 Å². The summed E-state index contributed by atoms with van der Waals surface area (Å²) in [7, 11) is 1.87. The van der Waals surface area contributed by atoms with E-state index >= 15 is 0 Å². The molecule has 3 aromatic rings. The van der Waals surface area contributed by atoms with Gasteiger partial charge in [0.25, 0.3) is 0 Å². The lowest BCUT2D eigenvalue weighted by Gasteiger charge is -2.07. The van der Waals surface area contributed by atoms with E-state index in [-0.39, 0.29) is 0 Å². The van der Waals surface area contributed by atoms with Crippen molar-refractivity contribution in [2.75, 3.05) is 5.88 Å². The van der Waals surface area contributed by atoms with E-state index in [0.717, 1.165) is 29.1 Å². The number of aromatic nitrogens is 5. The minimum Gasteiger partial charge on any atom is -0.320 e. The number of hydrogen-bond donors (Lipinski definition) is 0. The number of imidazole rings is 1. The molecule has 3 rings (SSSR count). The summed E-state index contributed by atoms with van der Waals surface area (Å²) in [6.07, 6.45) is 2.45. The highest BCUT2D eigenvalue weighted by molar-refractivity contribution is 6.17. The van der Waals surface area contributed by atoms with Gasteiger partial charge in [-0.25, -0.2) is 9.97 Å². The minimum atomic E-state index is 0.554. The van der Waals surface area contributed by atoms with Crippen molar-refractivity contribution in [3.63, 3.8) is 0 Å². The second kappa shape index (κ2) is 5.25. The molecule has 0 saturated carbocycles. The molecule has 0 bridgehead atoms. The number of benzene rings is 1. The maximum Gasteiger partial charge on any atom is 0.170 e. The van der Waals surface area contributed by atoms with Crippen LogP contribution >= 0.6 is 11.6 Å². The predicted molar refractivity (Wildman–Crippen MR) is 79.0 cm³/mol. The monoisotopic (exact) mass is 289 g/mol. The van der Waals surface area contributed by atoms with Crippen LogP contribution in [0.15, 0.2) is 24.5 Å². The third-order valence-corrected chi connectivity index (χ3v) is 3.50. The second-order valence-corrected chi connectivity index (χ2v) is 5.21. The molecule has 6 heteroatoms. The Hall–Kier alpha value is -1.88. The molecular formula is C14H16ClN5. The van der Waals surface area contributed by atoms with Crippen LogP contribution in [0.2, 0.25) is 0 Å². The predicted octanol–water partition coefficient (Wildman–Crippen LogP) is 2.30. The molecule has 0 amide bonds. The molecule has 0 aliphatic carbocycles. The Morgan fingerprint density at radius 3 is 2.85 bits per heavy atom. The first-order chi connectivity index (χ1) is 9.69. The lowest BCUT2D eigenvalue weighted by molar-refractivity contribution is 0.688. The van der Waals surface area contributed by atoms with Gasteiger partial charge in [-0.15, -0.1) is 11.6 Å². The van der Waals surface area contributed by atoms with Gasteiger partial charge in [0.1, 0.15) is 12.2 Å². The topological polar surface area (TPSA) is 48.5 Å². The van der Waals surface area contributed by atoms with Crippen molar-refractivity contribution in [3.8, 4) is 0 Å². The molecule has 104 valence electrons. The van der Waals surface area contributed by atoms with E-state index in [4.69, 9.17) is 11.6 Å². The van der Waals surface area contributed by atoms with Crippen molar-refractivity contribution in [3.05, 3.63) is 41.7 Å². The second-order valence-electron chi connectivity index (χ2n) is 4.83. The molecule has 5 nitrogen and oxygen atoms in total. The van der Waals surface area contributed by atoms with Crippen LogP contribution in [0.5, 0.6) is 0 Å². The molecule has 0 fully saturated rings. The number of fused-ring (bicyclic) bond motifs is 1. The van der Waals surface area contributed by atoms with Gasteiger partial charge in [0.15, 0.2) is 5.82 Å². The van der Waals surface area contributed by atoms with Crippen LogP contribution in [0.1, 0.15) is 17.2 Å². The van der Waals surface area contributed by atoms with E-state index in [1.54, 1.807) is 11.0 Å². The van der Waals surface area contributed by atoms with E-state index in [1.165, 1.54) is 5.56 Å². The van der Waals surface area contributed by atoms with Crippen LogP contribution in [-0.4, -0.2) is 30.2 Å². The lowest BCUT2D eigenvalue weighted by atomic mass is 10.2. The van der Waals surface area contributed by atoms with Crippen molar-refractivity contribution in [1.82, 2.24) is 24.3 Å². The van der Waals surface area contributed by atoms with Gasteiger partial charge in [-0.1, -0.05) is 12.1 Å². The number of hydrogen-bond acceptors (Lipinski definition) is 3. The Balaban J connectivity index is 2.12. The average molecular weight is 290 g/mol. The third-order valence-electron chi connectivity index (χ3n) is 3.31. The summed E-state index contributed by atoms with van der Waals surface area (Å²) < 4.78 is 3.88. The minimum absolute atomic E-state index is 0.554. The Morgan fingerprint density at radius 1 is 1.30 bits per heavy atom. The summed E-state index contributed by atoms with van der Waals surface area (Å²) >= 11 is 5.89. The zero-order valence-corrected chi connectivity index (χ0v) is 12.3. The van der Waals surface area contributed by atoms with E-state index in [0.29, 0.717) is 12.4 Å². The fourth-order valence-electron chi connectivity index (χ4n) is 2.46. The molecule has 1 aromatic carbocycles. The standard InChI is InChI=1S/C14H16ClN5/c1-10-4-3-5-11-14(10)20(13(17-11)6-7-15)8-12-16-9-19(2)18-12/h3-5,9H,6-8H2,1-2H3. The average Bonchev–Trinajstić information content (AvgIpc) is 2.96. The molecule has 2 aromatic heterocycles. The number of rotatable bonds is 4. The fourth-order valence-corrected chi connectivity index (χ4v) is 2.63. The molecule has 0 atom stereocenters. The Bertz CT molecular complexity index is 743. The lowest BCUT2D eigenvalue weighted by Crippen LogP contribution is -2.08. The SMILES string of the molecule is Cc1cccc2nc(CCCl)n(Cc3ncn(C)n3)c12. The summed E-state index contributed by atoms with van der Waals surface area (Å²) in [5.41, 5.74) is 3.34. The first kappa shape index (κ1) is 13.1. The normalized spacial score (nSPS) is 11.3. The molecule has 20 heavy (non-hydrogen) atoms. The van der Waals surface area contributed by atoms with Crippen molar-refractivity contribution < 1.29 is 0 Å². The largest absolute Gasteiger partial charge is 0.320 e. The van der Waals surface area contributed by atoms with E-state index in [1.807, 2.05) is 19.2 Å². The summed E-state index contributed by atoms with van der Waals surface area (Å²) in [5.74, 6) is 2.32. The van der Waals surface area contributed by atoms with Gasteiger partial charge in [-0.3, -0.25) is 4.68 Å². The molecule has 0 spiro atoms. The number of aryl methyl sites for hydroxylation is 3. The number of halogens is 1. The van der Waals surface area contributed by atoms with Gasteiger partial charge >= 0.3 is 0 Å². The van der Waals surface area contributed by atoms with Gasteiger partial charge in [-0.2, -0.15) is 5.10 Å². The summed E-state index contributed by atoms with van der Waals surface area (Å²) in [5, 5.41) is 4.35.